The fourth-order valence-electron chi connectivity index (χ4n) is 2.29. The Balaban J connectivity index is 0.000000250. The second kappa shape index (κ2) is 15.7. The summed E-state index contributed by atoms with van der Waals surface area (Å²) in [4.78, 5) is 26.2. The van der Waals surface area contributed by atoms with Gasteiger partial charge in [-0.3, -0.25) is 15.0 Å². The van der Waals surface area contributed by atoms with Crippen LogP contribution in [0.5, 0.6) is 0 Å². The molecule has 0 spiro atoms. The van der Waals surface area contributed by atoms with Crippen LogP contribution in [0.25, 0.3) is 22.8 Å². The summed E-state index contributed by atoms with van der Waals surface area (Å²) in [5.41, 5.74) is 4.80. The summed E-state index contributed by atoms with van der Waals surface area (Å²) in [6, 6.07) is 22.1. The minimum atomic E-state index is 0. The first-order valence-corrected chi connectivity index (χ1v) is 9.75. The van der Waals surface area contributed by atoms with Gasteiger partial charge in [0.25, 0.3) is 0 Å². The van der Waals surface area contributed by atoms with Crippen molar-refractivity contribution in [2.75, 3.05) is 0 Å². The van der Waals surface area contributed by atoms with Gasteiger partial charge in [0.05, 0.1) is 11.4 Å². The van der Waals surface area contributed by atoms with Gasteiger partial charge in [-0.15, -0.1) is 0 Å². The van der Waals surface area contributed by atoms with Crippen LogP contribution in [0.3, 0.4) is 0 Å². The monoisotopic (exact) mass is 499 g/mol. The molecule has 0 fully saturated rings. The number of nitrogens with zero attached hydrogens (tertiary/aromatic N) is 4. The molecule has 0 saturated heterocycles. The number of aromatic nitrogens is 4. The third-order valence-electron chi connectivity index (χ3n) is 3.78. The number of carbonyl (C=O) groups is 1. The summed E-state index contributed by atoms with van der Waals surface area (Å²) in [6.45, 7) is 4.03. The maximum atomic E-state index is 9.40. The quantitative estimate of drug-likeness (QED) is 0.215. The Hall–Kier alpha value is -3.11. The van der Waals surface area contributed by atoms with Gasteiger partial charge in [0, 0.05) is 30.7 Å². The van der Waals surface area contributed by atoms with Gasteiger partial charge in [-0.1, -0.05) is 25.3 Å². The van der Waals surface area contributed by atoms with E-state index in [0.29, 0.717) is 6.42 Å². The molecular weight excluding hydrogens is 473 g/mol. The van der Waals surface area contributed by atoms with E-state index in [4.69, 9.17) is 0 Å². The van der Waals surface area contributed by atoms with Gasteiger partial charge in [-0.2, -0.15) is 18.2 Å². The zero-order chi connectivity index (χ0) is 21.4. The standard InChI is InChI=1S/C11H10N2.C10H7N2.C4H8O.Ru/c1-9-5-7-13-11(8-9)10-4-2-3-6-12-10;1-3-7-11-9(5-1)10-6-2-4-8-12-10;1-2-3-4-5;/h2-8H,1H3;1,3-8H;4H,2-3H2,1H3;/q;-1;;+1. The van der Waals surface area contributed by atoms with E-state index < -0.39 is 0 Å². The maximum absolute atomic E-state index is 9.40. The van der Waals surface area contributed by atoms with Crippen LogP contribution < -0.4 is 0 Å². The van der Waals surface area contributed by atoms with Gasteiger partial charge in [0.1, 0.15) is 6.29 Å². The fraction of sp³-hybridized carbons (Fsp3) is 0.160. The molecule has 4 aromatic rings. The molecule has 0 amide bonds. The van der Waals surface area contributed by atoms with Crippen LogP contribution in [0.15, 0.2) is 85.5 Å². The van der Waals surface area contributed by atoms with Gasteiger partial charge in [-0.25, -0.2) is 0 Å². The Labute approximate surface area is 196 Å². The first-order chi connectivity index (χ1) is 14.7. The van der Waals surface area contributed by atoms with E-state index in [-0.39, 0.29) is 19.5 Å². The molecule has 0 bridgehead atoms. The van der Waals surface area contributed by atoms with E-state index in [1.807, 2.05) is 68.4 Å². The smallest absolute Gasteiger partial charge is 0.381 e. The van der Waals surface area contributed by atoms with Crippen molar-refractivity contribution in [1.29, 1.82) is 0 Å². The second-order valence-corrected chi connectivity index (χ2v) is 6.24. The van der Waals surface area contributed by atoms with Crippen LogP contribution in [0.4, 0.5) is 0 Å². The summed E-state index contributed by atoms with van der Waals surface area (Å²) in [5, 5.41) is 0. The van der Waals surface area contributed by atoms with Crippen molar-refractivity contribution in [1.82, 2.24) is 19.9 Å². The van der Waals surface area contributed by atoms with Crippen molar-refractivity contribution in [2.24, 2.45) is 0 Å². The molecule has 4 heterocycles. The molecule has 0 unspecified atom stereocenters. The van der Waals surface area contributed by atoms with Crippen LogP contribution >= 0.6 is 0 Å². The van der Waals surface area contributed by atoms with E-state index >= 15 is 0 Å². The summed E-state index contributed by atoms with van der Waals surface area (Å²) in [7, 11) is 0. The number of carbonyl (C=O) groups excluding carboxylic acids is 1. The van der Waals surface area contributed by atoms with Gasteiger partial charge in [0.2, 0.25) is 0 Å². The van der Waals surface area contributed by atoms with Gasteiger partial charge >= 0.3 is 19.5 Å². The topological polar surface area (TPSA) is 68.6 Å². The zero-order valence-electron chi connectivity index (χ0n) is 17.6. The van der Waals surface area contributed by atoms with Crippen LogP contribution in [-0.2, 0) is 24.3 Å². The Bertz CT molecular complexity index is 946. The molecule has 31 heavy (non-hydrogen) atoms. The number of hydrogen-bond acceptors (Lipinski definition) is 5. The number of aryl methyl sites for hydroxylation is 1. The molecule has 4 aromatic heterocycles. The normalized spacial score (nSPS) is 9.10. The van der Waals surface area contributed by atoms with Crippen LogP contribution in [-0.4, -0.2) is 26.2 Å². The molecule has 0 N–H and O–H groups in total. The third kappa shape index (κ3) is 9.97. The van der Waals surface area contributed by atoms with Crippen molar-refractivity contribution >= 4 is 6.29 Å². The number of rotatable bonds is 4. The number of pyridine rings is 4. The minimum absolute atomic E-state index is 0. The van der Waals surface area contributed by atoms with E-state index in [1.54, 1.807) is 30.9 Å². The van der Waals surface area contributed by atoms with Crippen molar-refractivity contribution in [3.63, 3.8) is 0 Å². The molecular formula is C25H25N4ORu. The molecule has 6 heteroatoms. The molecule has 0 saturated carbocycles. The maximum Gasteiger partial charge on any atom is 1.00 e. The van der Waals surface area contributed by atoms with Crippen LogP contribution in [0.2, 0.25) is 0 Å². The Morgan fingerprint density at radius 1 is 0.806 bits per heavy atom. The summed E-state index contributed by atoms with van der Waals surface area (Å²) >= 11 is 0. The molecule has 0 aliphatic carbocycles. The van der Waals surface area contributed by atoms with Gasteiger partial charge in [0.15, 0.2) is 0 Å². The Morgan fingerprint density at radius 3 is 1.87 bits per heavy atom. The largest absolute Gasteiger partial charge is 1.00 e. The average molecular weight is 499 g/mol. The molecule has 1 radical (unpaired) electrons. The zero-order valence-corrected chi connectivity index (χ0v) is 19.4. The van der Waals surface area contributed by atoms with E-state index in [9.17, 15) is 4.79 Å². The predicted molar refractivity (Wildman–Crippen MR) is 119 cm³/mol. The summed E-state index contributed by atoms with van der Waals surface area (Å²) in [5.74, 6) is 0. The van der Waals surface area contributed by atoms with E-state index in [1.165, 1.54) is 5.56 Å². The van der Waals surface area contributed by atoms with Crippen molar-refractivity contribution in [3.8, 4) is 22.8 Å². The number of unbranched alkanes of at least 4 members (excludes halogenated alkanes) is 1. The molecule has 4 rings (SSSR count). The third-order valence-corrected chi connectivity index (χ3v) is 3.78. The molecule has 159 valence electrons. The summed E-state index contributed by atoms with van der Waals surface area (Å²) < 4.78 is 0. The predicted octanol–water partition coefficient (Wildman–Crippen LogP) is 5.38. The first-order valence-electron chi connectivity index (χ1n) is 9.75. The molecule has 5 nitrogen and oxygen atoms in total. The van der Waals surface area contributed by atoms with Crippen LogP contribution in [0.1, 0.15) is 25.3 Å². The van der Waals surface area contributed by atoms with Crippen LogP contribution in [0, 0.1) is 13.0 Å². The van der Waals surface area contributed by atoms with E-state index in [2.05, 4.69) is 26.0 Å². The molecule has 0 aromatic carbocycles. The first kappa shape index (κ1) is 25.9. The minimum Gasteiger partial charge on any atom is -0.381 e. The molecule has 0 aliphatic heterocycles. The van der Waals surface area contributed by atoms with Crippen molar-refractivity contribution in [3.05, 3.63) is 97.1 Å². The SMILES string of the molecule is CCCC=O.Cc1ccnc(-c2ccccn2)c1.[Ru+].[c-]1ccnc(-c2ccccn2)c1. The van der Waals surface area contributed by atoms with Gasteiger partial charge < -0.3 is 9.78 Å². The van der Waals surface area contributed by atoms with Crippen molar-refractivity contribution < 1.29 is 24.3 Å². The Morgan fingerprint density at radius 2 is 1.42 bits per heavy atom. The number of hydrogen-bond donors (Lipinski definition) is 0. The second-order valence-electron chi connectivity index (χ2n) is 6.24. The molecule has 0 atom stereocenters. The Kier molecular flexibility index (Phi) is 13.1. The van der Waals surface area contributed by atoms with Gasteiger partial charge in [-0.05, 0) is 61.0 Å². The molecule has 0 aliphatic rings. The number of aldehydes is 1. The summed E-state index contributed by atoms with van der Waals surface area (Å²) in [6.07, 6.45) is 9.66. The van der Waals surface area contributed by atoms with Crippen molar-refractivity contribution in [2.45, 2.75) is 26.7 Å². The van der Waals surface area contributed by atoms with E-state index in [0.717, 1.165) is 35.5 Å². The average Bonchev–Trinajstić information content (AvgIpc) is 2.82. The fourth-order valence-corrected chi connectivity index (χ4v) is 2.29.